The number of rotatable bonds is 3. The smallest absolute Gasteiger partial charge is 0.113 e. The maximum atomic E-state index is 4.47. The van der Waals surface area contributed by atoms with Crippen molar-refractivity contribution < 1.29 is 0 Å². The highest BCUT2D eigenvalue weighted by Crippen LogP contribution is 2.33. The maximum Gasteiger partial charge on any atom is 0.113 e. The first-order valence-corrected chi connectivity index (χ1v) is 6.50. The van der Waals surface area contributed by atoms with Crippen molar-refractivity contribution in [1.82, 2.24) is 15.2 Å². The standard InChI is InChI=1S/C11H19N3S/c1-3-14-7-4-11(12-2,5-8-14)10-13-6-9-15-10/h6,9,12H,3-5,7-8H2,1-2H3. The highest BCUT2D eigenvalue weighted by atomic mass is 32.1. The van der Waals surface area contributed by atoms with Crippen LogP contribution in [0.3, 0.4) is 0 Å². The molecule has 1 aliphatic rings. The van der Waals surface area contributed by atoms with E-state index in [1.807, 2.05) is 6.20 Å². The topological polar surface area (TPSA) is 28.2 Å². The molecule has 1 fully saturated rings. The quantitative estimate of drug-likeness (QED) is 0.848. The van der Waals surface area contributed by atoms with Gasteiger partial charge in [-0.25, -0.2) is 4.98 Å². The summed E-state index contributed by atoms with van der Waals surface area (Å²) in [6, 6.07) is 0. The molecule has 4 heteroatoms. The van der Waals surface area contributed by atoms with Crippen LogP contribution >= 0.6 is 11.3 Å². The Morgan fingerprint density at radius 2 is 2.27 bits per heavy atom. The number of likely N-dealkylation sites (tertiary alicyclic amines) is 1. The van der Waals surface area contributed by atoms with E-state index in [2.05, 4.69) is 34.6 Å². The Bertz CT molecular complexity index is 289. The van der Waals surface area contributed by atoms with Crippen LogP contribution in [0.25, 0.3) is 0 Å². The summed E-state index contributed by atoms with van der Waals surface area (Å²) in [5.41, 5.74) is 0.139. The molecule has 0 unspecified atom stereocenters. The van der Waals surface area contributed by atoms with Gasteiger partial charge in [-0.1, -0.05) is 6.92 Å². The van der Waals surface area contributed by atoms with Crippen LogP contribution in [0.5, 0.6) is 0 Å². The van der Waals surface area contributed by atoms with Crippen LogP contribution in [0, 0.1) is 0 Å². The second kappa shape index (κ2) is 4.60. The molecule has 2 rings (SSSR count). The molecule has 1 aromatic rings. The molecule has 1 aliphatic heterocycles. The Hall–Kier alpha value is -0.450. The van der Waals surface area contributed by atoms with Crippen molar-refractivity contribution >= 4 is 11.3 Å². The molecule has 2 heterocycles. The Morgan fingerprint density at radius 1 is 1.53 bits per heavy atom. The lowest BCUT2D eigenvalue weighted by atomic mass is 9.88. The summed E-state index contributed by atoms with van der Waals surface area (Å²) in [7, 11) is 2.06. The molecule has 15 heavy (non-hydrogen) atoms. The van der Waals surface area contributed by atoms with Crippen molar-refractivity contribution in [3.05, 3.63) is 16.6 Å². The average Bonchev–Trinajstić information content (AvgIpc) is 2.83. The third kappa shape index (κ3) is 2.07. The number of thiazole rings is 1. The van der Waals surface area contributed by atoms with Crippen LogP contribution in [-0.4, -0.2) is 36.6 Å². The fraction of sp³-hybridized carbons (Fsp3) is 0.727. The Balaban J connectivity index is 2.12. The summed E-state index contributed by atoms with van der Waals surface area (Å²) in [5.74, 6) is 0. The van der Waals surface area contributed by atoms with Crippen molar-refractivity contribution in [2.24, 2.45) is 0 Å². The Kier molecular flexibility index (Phi) is 3.38. The third-order valence-electron chi connectivity index (χ3n) is 3.48. The van der Waals surface area contributed by atoms with Gasteiger partial charge >= 0.3 is 0 Å². The van der Waals surface area contributed by atoms with Gasteiger partial charge in [0.15, 0.2) is 0 Å². The summed E-state index contributed by atoms with van der Waals surface area (Å²) < 4.78 is 0. The molecule has 0 aromatic carbocycles. The predicted molar refractivity (Wildman–Crippen MR) is 64.2 cm³/mol. The minimum Gasteiger partial charge on any atom is -0.308 e. The largest absolute Gasteiger partial charge is 0.308 e. The van der Waals surface area contributed by atoms with Crippen molar-refractivity contribution in [3.63, 3.8) is 0 Å². The van der Waals surface area contributed by atoms with Crippen molar-refractivity contribution in [3.8, 4) is 0 Å². The highest BCUT2D eigenvalue weighted by molar-refractivity contribution is 7.09. The minimum absolute atomic E-state index is 0.139. The van der Waals surface area contributed by atoms with E-state index in [1.165, 1.54) is 30.9 Å². The van der Waals surface area contributed by atoms with Gasteiger partial charge in [0.1, 0.15) is 5.01 Å². The first kappa shape index (κ1) is 11.0. The Morgan fingerprint density at radius 3 is 2.73 bits per heavy atom. The zero-order valence-electron chi connectivity index (χ0n) is 9.49. The van der Waals surface area contributed by atoms with Crippen molar-refractivity contribution in [2.45, 2.75) is 25.3 Å². The predicted octanol–water partition coefficient (Wildman–Crippen LogP) is 1.67. The summed E-state index contributed by atoms with van der Waals surface area (Å²) in [4.78, 5) is 6.97. The van der Waals surface area contributed by atoms with E-state index in [0.717, 1.165) is 6.54 Å². The van der Waals surface area contributed by atoms with Gasteiger partial charge in [-0.3, -0.25) is 0 Å². The van der Waals surface area contributed by atoms with E-state index in [4.69, 9.17) is 0 Å². The normalized spacial score (nSPS) is 21.7. The van der Waals surface area contributed by atoms with Crippen molar-refractivity contribution in [2.75, 3.05) is 26.7 Å². The lowest BCUT2D eigenvalue weighted by molar-refractivity contribution is 0.145. The molecule has 0 aliphatic carbocycles. The van der Waals surface area contributed by atoms with Gasteiger partial charge in [0.05, 0.1) is 5.54 Å². The molecule has 0 bridgehead atoms. The molecule has 0 spiro atoms. The van der Waals surface area contributed by atoms with Crippen LogP contribution < -0.4 is 5.32 Å². The van der Waals surface area contributed by atoms with Crippen LogP contribution in [0.2, 0.25) is 0 Å². The number of aromatic nitrogens is 1. The van der Waals surface area contributed by atoms with Gasteiger partial charge in [0.25, 0.3) is 0 Å². The number of hydrogen-bond acceptors (Lipinski definition) is 4. The van der Waals surface area contributed by atoms with Crippen LogP contribution in [0.1, 0.15) is 24.8 Å². The molecular formula is C11H19N3S. The summed E-state index contributed by atoms with van der Waals surface area (Å²) in [6.07, 6.45) is 4.25. The molecule has 84 valence electrons. The van der Waals surface area contributed by atoms with Gasteiger partial charge in [-0.2, -0.15) is 0 Å². The molecule has 1 N–H and O–H groups in total. The fourth-order valence-corrected chi connectivity index (χ4v) is 3.19. The molecule has 1 aromatic heterocycles. The average molecular weight is 225 g/mol. The van der Waals surface area contributed by atoms with Gasteiger partial charge in [0.2, 0.25) is 0 Å². The van der Waals surface area contributed by atoms with E-state index in [-0.39, 0.29) is 5.54 Å². The molecular weight excluding hydrogens is 206 g/mol. The second-order valence-corrected chi connectivity index (χ2v) is 5.00. The van der Waals surface area contributed by atoms with Crippen LogP contribution in [0.4, 0.5) is 0 Å². The SMILES string of the molecule is CCN1CCC(NC)(c2nccs2)CC1. The first-order chi connectivity index (χ1) is 7.30. The monoisotopic (exact) mass is 225 g/mol. The fourth-order valence-electron chi connectivity index (χ4n) is 2.28. The molecule has 0 radical (unpaired) electrons. The van der Waals surface area contributed by atoms with Gasteiger partial charge in [0, 0.05) is 24.7 Å². The summed E-state index contributed by atoms with van der Waals surface area (Å²) in [6.45, 7) is 5.75. The van der Waals surface area contributed by atoms with Crippen LogP contribution in [0.15, 0.2) is 11.6 Å². The van der Waals surface area contributed by atoms with E-state index < -0.39 is 0 Å². The zero-order valence-corrected chi connectivity index (χ0v) is 10.3. The van der Waals surface area contributed by atoms with E-state index >= 15 is 0 Å². The first-order valence-electron chi connectivity index (χ1n) is 5.62. The van der Waals surface area contributed by atoms with Gasteiger partial charge in [-0.05, 0) is 26.4 Å². The lowest BCUT2D eigenvalue weighted by Gasteiger charge is -2.40. The van der Waals surface area contributed by atoms with Gasteiger partial charge < -0.3 is 10.2 Å². The summed E-state index contributed by atoms with van der Waals surface area (Å²) >= 11 is 1.77. The van der Waals surface area contributed by atoms with Gasteiger partial charge in [-0.15, -0.1) is 11.3 Å². The zero-order chi connectivity index (χ0) is 10.7. The number of nitrogens with zero attached hydrogens (tertiary/aromatic N) is 2. The van der Waals surface area contributed by atoms with Crippen molar-refractivity contribution in [1.29, 1.82) is 0 Å². The van der Waals surface area contributed by atoms with E-state index in [0.29, 0.717) is 0 Å². The minimum atomic E-state index is 0.139. The summed E-state index contributed by atoms with van der Waals surface area (Å²) in [5, 5.41) is 6.81. The Labute approximate surface area is 95.5 Å². The lowest BCUT2D eigenvalue weighted by Crippen LogP contribution is -2.49. The second-order valence-electron chi connectivity index (χ2n) is 4.10. The molecule has 3 nitrogen and oxygen atoms in total. The molecule has 1 saturated heterocycles. The van der Waals surface area contributed by atoms with E-state index in [1.54, 1.807) is 11.3 Å². The molecule has 0 saturated carbocycles. The van der Waals surface area contributed by atoms with E-state index in [9.17, 15) is 0 Å². The molecule has 0 amide bonds. The van der Waals surface area contributed by atoms with Crippen LogP contribution in [-0.2, 0) is 5.54 Å². The number of piperidine rings is 1. The maximum absolute atomic E-state index is 4.47. The number of hydrogen-bond donors (Lipinski definition) is 1. The third-order valence-corrected chi connectivity index (χ3v) is 4.45. The molecule has 0 atom stereocenters. The number of nitrogens with one attached hydrogen (secondary N) is 1. The highest BCUT2D eigenvalue weighted by Gasteiger charge is 2.36.